The van der Waals surface area contributed by atoms with Crippen LogP contribution in [-0.4, -0.2) is 28.9 Å². The molecule has 8 heteroatoms. The molecule has 0 saturated carbocycles. The number of carbonyl (C=O) groups excluding carboxylic acids is 2. The quantitative estimate of drug-likeness (QED) is 0.758. The van der Waals surface area contributed by atoms with Crippen LogP contribution in [0, 0.1) is 0 Å². The second-order valence-electron chi connectivity index (χ2n) is 4.17. The van der Waals surface area contributed by atoms with Gasteiger partial charge in [0.1, 0.15) is 11.6 Å². The fourth-order valence-corrected chi connectivity index (χ4v) is 1.83. The summed E-state index contributed by atoms with van der Waals surface area (Å²) in [6.45, 7) is 0. The van der Waals surface area contributed by atoms with Crippen LogP contribution >= 0.6 is 0 Å². The Morgan fingerprint density at radius 2 is 2.25 bits per heavy atom. The Labute approximate surface area is 112 Å². The lowest BCUT2D eigenvalue weighted by molar-refractivity contribution is -0.305. The molecule has 1 amide bonds. The van der Waals surface area contributed by atoms with E-state index in [0.717, 1.165) is 0 Å². The molecule has 1 unspecified atom stereocenters. The smallest absolute Gasteiger partial charge is 0.302 e. The molecule has 0 saturated heterocycles. The minimum atomic E-state index is -1.34. The van der Waals surface area contributed by atoms with Gasteiger partial charge in [-0.3, -0.25) is 15.4 Å². The molecule has 20 heavy (non-hydrogen) atoms. The number of benzene rings is 1. The largest absolute Gasteiger partial charge is 0.550 e. The first-order valence-electron chi connectivity index (χ1n) is 5.83. The average molecular weight is 273 g/mol. The van der Waals surface area contributed by atoms with E-state index in [1.54, 1.807) is 12.1 Å². The summed E-state index contributed by atoms with van der Waals surface area (Å²) in [7, 11) is 0. The summed E-state index contributed by atoms with van der Waals surface area (Å²) in [6.07, 6.45) is -0.468. The van der Waals surface area contributed by atoms with Gasteiger partial charge in [-0.1, -0.05) is 12.1 Å². The van der Waals surface area contributed by atoms with Crippen molar-refractivity contribution in [3.63, 3.8) is 0 Å². The fraction of sp³-hybridized carbons (Fsp3) is 0.167. The number of guanidine groups is 1. The summed E-state index contributed by atoms with van der Waals surface area (Å²) >= 11 is 0. The van der Waals surface area contributed by atoms with Gasteiger partial charge < -0.3 is 14.3 Å². The van der Waals surface area contributed by atoms with Crippen LogP contribution in [0.5, 0.6) is 0 Å². The van der Waals surface area contributed by atoms with Crippen molar-refractivity contribution < 1.29 is 19.1 Å². The third-order valence-corrected chi connectivity index (χ3v) is 2.71. The number of rotatable bonds is 3. The van der Waals surface area contributed by atoms with Crippen LogP contribution in [0.2, 0.25) is 0 Å². The first-order valence-corrected chi connectivity index (χ1v) is 5.83. The number of carbonyl (C=O) groups is 2. The van der Waals surface area contributed by atoms with Gasteiger partial charge in [0.15, 0.2) is 5.58 Å². The van der Waals surface area contributed by atoms with E-state index < -0.39 is 24.3 Å². The Bertz CT molecular complexity index is 688. The maximum atomic E-state index is 11.5. The number of hydrogen-bond acceptors (Lipinski definition) is 7. The van der Waals surface area contributed by atoms with Gasteiger partial charge in [-0.15, -0.1) is 0 Å². The summed E-state index contributed by atoms with van der Waals surface area (Å²) in [6, 6.07) is 6.33. The molecule has 1 aliphatic rings. The first kappa shape index (κ1) is 12.2. The number of aliphatic imine (C=N–C) groups is 1. The molecule has 0 bridgehead atoms. The van der Waals surface area contributed by atoms with Gasteiger partial charge in [0, 0.05) is 12.4 Å². The number of amides is 1. The molecule has 0 radical (unpaired) electrons. The molecule has 3 rings (SSSR count). The molecule has 8 nitrogen and oxygen atoms in total. The van der Waals surface area contributed by atoms with E-state index in [-0.39, 0.29) is 12.0 Å². The van der Waals surface area contributed by atoms with Crippen molar-refractivity contribution in [1.82, 2.24) is 10.3 Å². The number of aliphatic carboxylic acids is 1. The second kappa shape index (κ2) is 4.65. The predicted octanol–water partition coefficient (Wildman–Crippen LogP) is -0.766. The highest BCUT2D eigenvalue weighted by molar-refractivity contribution is 6.10. The van der Waals surface area contributed by atoms with Gasteiger partial charge in [0.25, 0.3) is 5.91 Å². The number of aromatic nitrogens is 1. The summed E-state index contributed by atoms with van der Waals surface area (Å²) in [5.41, 5.74) is 1.25. The van der Waals surface area contributed by atoms with E-state index >= 15 is 0 Å². The summed E-state index contributed by atoms with van der Waals surface area (Å²) in [4.78, 5) is 30.0. The molecule has 0 fully saturated rings. The number of nitrogens with zero attached hydrogens (tertiary/aromatic N) is 2. The third-order valence-electron chi connectivity index (χ3n) is 2.71. The Morgan fingerprint density at radius 1 is 1.45 bits per heavy atom. The van der Waals surface area contributed by atoms with E-state index in [9.17, 15) is 14.7 Å². The molecule has 2 aromatic rings. The predicted molar refractivity (Wildman–Crippen MR) is 66.6 cm³/mol. The number of nitrogens with one attached hydrogen (secondary N) is 2. The molecule has 2 N–H and O–H groups in total. The minimum absolute atomic E-state index is 0.104. The number of oxazole rings is 1. The van der Waals surface area contributed by atoms with Gasteiger partial charge in [-0.25, -0.2) is 4.99 Å². The topological polar surface area (TPSA) is 120 Å². The van der Waals surface area contributed by atoms with Crippen molar-refractivity contribution in [1.29, 1.82) is 0 Å². The van der Waals surface area contributed by atoms with Gasteiger partial charge in [-0.2, -0.15) is 4.98 Å². The van der Waals surface area contributed by atoms with E-state index in [1.807, 2.05) is 12.1 Å². The fourth-order valence-electron chi connectivity index (χ4n) is 1.83. The molecule has 0 aliphatic carbocycles. The lowest BCUT2D eigenvalue weighted by Gasteiger charge is -2.03. The standard InChI is InChI=1S/C12H10N4O4/c17-9(18)5-7-10(19)15-11(13-7)16-12-14-6-3-1-2-4-8(6)20-12/h1-4,7H,5H2,(H,17,18)(H2,13,14,15,16,19)/p-1. The molecule has 1 aromatic heterocycles. The Morgan fingerprint density at radius 3 is 3.00 bits per heavy atom. The zero-order valence-electron chi connectivity index (χ0n) is 10.1. The monoisotopic (exact) mass is 273 g/mol. The molecular formula is C12H9N4O4-. The zero-order valence-corrected chi connectivity index (χ0v) is 10.1. The average Bonchev–Trinajstić information content (AvgIpc) is 2.92. The number of anilines is 1. The van der Waals surface area contributed by atoms with Crippen LogP contribution < -0.4 is 15.7 Å². The number of hydrogen-bond donors (Lipinski definition) is 2. The first-order chi connectivity index (χ1) is 9.61. The summed E-state index contributed by atoms with van der Waals surface area (Å²) in [5, 5.41) is 15.6. The lowest BCUT2D eigenvalue weighted by atomic mass is 10.2. The van der Waals surface area contributed by atoms with Gasteiger partial charge in [-0.05, 0) is 12.1 Å². The molecular weight excluding hydrogens is 264 g/mol. The van der Waals surface area contributed by atoms with Crippen molar-refractivity contribution >= 4 is 35.0 Å². The molecule has 1 atom stereocenters. The molecule has 1 aliphatic heterocycles. The zero-order chi connectivity index (χ0) is 14.1. The van der Waals surface area contributed by atoms with Gasteiger partial charge >= 0.3 is 6.01 Å². The molecule has 0 spiro atoms. The highest BCUT2D eigenvalue weighted by Gasteiger charge is 2.27. The van der Waals surface area contributed by atoms with E-state index in [2.05, 4.69) is 20.6 Å². The lowest BCUT2D eigenvalue weighted by Crippen LogP contribution is -2.35. The van der Waals surface area contributed by atoms with Crippen LogP contribution in [0.1, 0.15) is 6.42 Å². The van der Waals surface area contributed by atoms with Crippen molar-refractivity contribution in [2.24, 2.45) is 4.99 Å². The second-order valence-corrected chi connectivity index (χ2v) is 4.17. The molecule has 1 aromatic carbocycles. The van der Waals surface area contributed by atoms with Crippen molar-refractivity contribution in [3.05, 3.63) is 24.3 Å². The number of fused-ring (bicyclic) bond motifs is 1. The van der Waals surface area contributed by atoms with Crippen LogP contribution in [0.4, 0.5) is 6.01 Å². The normalized spacial score (nSPS) is 17.9. The van der Waals surface area contributed by atoms with Crippen LogP contribution in [0.15, 0.2) is 33.7 Å². The summed E-state index contributed by atoms with van der Waals surface area (Å²) in [5.74, 6) is -1.74. The highest BCUT2D eigenvalue weighted by atomic mass is 16.4. The van der Waals surface area contributed by atoms with Crippen molar-refractivity contribution in [3.8, 4) is 0 Å². The van der Waals surface area contributed by atoms with E-state index in [4.69, 9.17) is 4.42 Å². The Kier molecular flexibility index (Phi) is 2.82. The van der Waals surface area contributed by atoms with Crippen LogP contribution in [0.3, 0.4) is 0 Å². The summed E-state index contributed by atoms with van der Waals surface area (Å²) < 4.78 is 5.40. The van der Waals surface area contributed by atoms with Crippen molar-refractivity contribution in [2.45, 2.75) is 12.5 Å². The molecule has 2 heterocycles. The van der Waals surface area contributed by atoms with E-state index in [1.165, 1.54) is 0 Å². The number of para-hydroxylation sites is 2. The van der Waals surface area contributed by atoms with Crippen LogP contribution in [0.25, 0.3) is 11.1 Å². The maximum Gasteiger partial charge on any atom is 0.302 e. The maximum absolute atomic E-state index is 11.5. The highest BCUT2D eigenvalue weighted by Crippen LogP contribution is 2.18. The minimum Gasteiger partial charge on any atom is -0.550 e. The van der Waals surface area contributed by atoms with Crippen LogP contribution in [-0.2, 0) is 9.59 Å². The molecule has 102 valence electrons. The Hall–Kier alpha value is -2.90. The van der Waals surface area contributed by atoms with Gasteiger partial charge in [0.2, 0.25) is 5.96 Å². The van der Waals surface area contributed by atoms with Crippen molar-refractivity contribution in [2.75, 3.05) is 5.32 Å². The van der Waals surface area contributed by atoms with E-state index in [0.29, 0.717) is 11.1 Å². The third kappa shape index (κ3) is 2.30. The number of carboxylic acids is 1. The SMILES string of the molecule is O=C([O-])CC1N=C(Nc2nc3ccccc3o2)NC1=O. The van der Waals surface area contributed by atoms with Gasteiger partial charge in [0.05, 0.1) is 0 Å². The Balaban J connectivity index is 1.77. The number of carboxylic acid groups (broad SMARTS) is 1.